The van der Waals surface area contributed by atoms with Crippen LogP contribution in [-0.2, 0) is 0 Å². The highest BCUT2D eigenvalue weighted by molar-refractivity contribution is 6.02. The Balaban J connectivity index is 2.83. The van der Waals surface area contributed by atoms with Gasteiger partial charge in [0.05, 0.1) is 5.52 Å². The van der Waals surface area contributed by atoms with Gasteiger partial charge in [0, 0.05) is 5.39 Å². The second-order valence-electron chi connectivity index (χ2n) is 3.52. The van der Waals surface area contributed by atoms with Gasteiger partial charge in [0.15, 0.2) is 5.56 Å². The number of aromatic nitrogens is 1. The smallest absolute Gasteiger partial charge is 0.300 e. The third kappa shape index (κ3) is 1.66. The summed E-state index contributed by atoms with van der Waals surface area (Å²) in [5, 5.41) is 30.2. The molecule has 1 aromatic carbocycles. The molecule has 0 aliphatic rings. The molecule has 0 saturated heterocycles. The molecule has 0 aliphatic heterocycles. The lowest BCUT2D eigenvalue weighted by Crippen LogP contribution is -2.33. The van der Waals surface area contributed by atoms with E-state index in [1.165, 1.54) is 12.1 Å². The molecule has 0 radical (unpaired) electrons. The molecule has 94 valence electrons. The number of amides is 1. The third-order valence-electron chi connectivity index (χ3n) is 2.50. The van der Waals surface area contributed by atoms with Crippen LogP contribution in [0.25, 0.3) is 10.9 Å². The van der Waals surface area contributed by atoms with Crippen LogP contribution in [0, 0.1) is 0 Å². The van der Waals surface area contributed by atoms with Crippen molar-refractivity contribution in [3.05, 3.63) is 40.2 Å². The number of aliphatic hydroxyl groups is 1. The van der Waals surface area contributed by atoms with Gasteiger partial charge in [-0.1, -0.05) is 12.1 Å². The number of fused-ring (bicyclic) bond motifs is 1. The average Bonchev–Trinajstić information content (AvgIpc) is 2.37. The van der Waals surface area contributed by atoms with E-state index in [1.807, 2.05) is 5.32 Å². The largest absolute Gasteiger partial charge is 0.506 e. The number of carbonyl (C=O) groups is 1. The summed E-state index contributed by atoms with van der Waals surface area (Å²) < 4.78 is 0.279. The molecular formula is C11H10N2O5. The molecular weight excluding hydrogens is 240 g/mol. The summed E-state index contributed by atoms with van der Waals surface area (Å²) in [5.41, 5.74) is -1.59. The quantitative estimate of drug-likeness (QED) is 0.429. The molecule has 0 fully saturated rings. The molecule has 7 nitrogen and oxygen atoms in total. The summed E-state index contributed by atoms with van der Waals surface area (Å²) in [4.78, 5) is 23.3. The summed E-state index contributed by atoms with van der Waals surface area (Å²) in [6, 6.07) is 6.03. The predicted octanol–water partition coefficient (Wildman–Crippen LogP) is -0.376. The summed E-state index contributed by atoms with van der Waals surface area (Å²) in [7, 11) is 0. The van der Waals surface area contributed by atoms with Crippen molar-refractivity contribution in [3.63, 3.8) is 0 Å². The number of hydrogen-bond acceptors (Lipinski definition) is 5. The van der Waals surface area contributed by atoms with Crippen LogP contribution in [0.5, 0.6) is 5.75 Å². The van der Waals surface area contributed by atoms with Crippen molar-refractivity contribution < 1.29 is 20.2 Å². The number of para-hydroxylation sites is 1. The Morgan fingerprint density at radius 2 is 2.00 bits per heavy atom. The van der Waals surface area contributed by atoms with Gasteiger partial charge in [0.25, 0.3) is 11.5 Å². The lowest BCUT2D eigenvalue weighted by atomic mass is 10.1. The van der Waals surface area contributed by atoms with Gasteiger partial charge in [0.2, 0.25) is 0 Å². The second kappa shape index (κ2) is 4.38. The molecule has 0 unspecified atom stereocenters. The molecule has 2 rings (SSSR count). The number of pyridine rings is 1. The number of hydrogen-bond donors (Lipinski definition) is 4. The Kier molecular flexibility index (Phi) is 2.90. The summed E-state index contributed by atoms with van der Waals surface area (Å²) in [6.07, 6.45) is 0. The van der Waals surface area contributed by atoms with Crippen LogP contribution < -0.4 is 10.9 Å². The van der Waals surface area contributed by atoms with Gasteiger partial charge >= 0.3 is 0 Å². The topological polar surface area (TPSA) is 112 Å². The maximum absolute atomic E-state index is 11.7. The van der Waals surface area contributed by atoms with Gasteiger partial charge in [-0.05, 0) is 12.1 Å². The van der Waals surface area contributed by atoms with Gasteiger partial charge in [-0.3, -0.25) is 9.59 Å². The van der Waals surface area contributed by atoms with Crippen LogP contribution in [0.15, 0.2) is 29.1 Å². The molecule has 0 aliphatic carbocycles. The van der Waals surface area contributed by atoms with Crippen LogP contribution in [0.3, 0.4) is 0 Å². The van der Waals surface area contributed by atoms with E-state index >= 15 is 0 Å². The van der Waals surface area contributed by atoms with Crippen molar-refractivity contribution in [2.24, 2.45) is 0 Å². The molecule has 0 saturated carbocycles. The molecule has 2 aromatic rings. The van der Waals surface area contributed by atoms with Gasteiger partial charge in [-0.25, -0.2) is 0 Å². The average molecular weight is 250 g/mol. The van der Waals surface area contributed by atoms with E-state index in [1.54, 1.807) is 12.1 Å². The van der Waals surface area contributed by atoms with Gasteiger partial charge in [-0.2, -0.15) is 0 Å². The Morgan fingerprint density at radius 3 is 2.67 bits per heavy atom. The zero-order chi connectivity index (χ0) is 13.3. The number of carbonyl (C=O) groups excluding carboxylic acids is 1. The fourth-order valence-corrected chi connectivity index (χ4v) is 1.67. The zero-order valence-corrected chi connectivity index (χ0v) is 9.12. The highest BCUT2D eigenvalue weighted by Crippen LogP contribution is 2.25. The molecule has 1 amide bonds. The molecule has 1 aromatic heterocycles. The molecule has 4 N–H and O–H groups in total. The molecule has 1 heterocycles. The fraction of sp³-hybridized carbons (Fsp3) is 0.0909. The number of aliphatic hydroxyl groups excluding tert-OH is 1. The standard InChI is InChI=1S/C11H10N2O5/c14-5-12-10(16)8-9(15)6-3-1-2-4-7(6)13(18)11(8)17/h1-4,14-15,18H,5H2,(H,12,16). The second-order valence-corrected chi connectivity index (χ2v) is 3.52. The Labute approximate surface area is 100 Å². The summed E-state index contributed by atoms with van der Waals surface area (Å²) in [6.45, 7) is -0.685. The van der Waals surface area contributed by atoms with E-state index in [0.717, 1.165) is 0 Å². The zero-order valence-electron chi connectivity index (χ0n) is 9.12. The number of rotatable bonds is 2. The third-order valence-corrected chi connectivity index (χ3v) is 2.50. The van der Waals surface area contributed by atoms with Crippen LogP contribution in [0.2, 0.25) is 0 Å². The van der Waals surface area contributed by atoms with E-state index in [9.17, 15) is 19.9 Å². The van der Waals surface area contributed by atoms with E-state index < -0.39 is 29.5 Å². The summed E-state index contributed by atoms with van der Waals surface area (Å²) in [5.74, 6) is -1.50. The first-order valence-electron chi connectivity index (χ1n) is 5.03. The minimum absolute atomic E-state index is 0.0838. The number of nitrogens with one attached hydrogen (secondary N) is 1. The van der Waals surface area contributed by atoms with E-state index in [4.69, 9.17) is 5.11 Å². The van der Waals surface area contributed by atoms with Crippen molar-refractivity contribution in [2.45, 2.75) is 0 Å². The van der Waals surface area contributed by atoms with Crippen LogP contribution in [0.4, 0.5) is 0 Å². The van der Waals surface area contributed by atoms with E-state index in [0.29, 0.717) is 0 Å². The van der Waals surface area contributed by atoms with Crippen molar-refractivity contribution in [2.75, 3.05) is 6.73 Å². The monoisotopic (exact) mass is 250 g/mol. The number of nitrogens with zero attached hydrogens (tertiary/aromatic N) is 1. The van der Waals surface area contributed by atoms with Crippen molar-refractivity contribution in [1.29, 1.82) is 0 Å². The van der Waals surface area contributed by atoms with Crippen molar-refractivity contribution in [1.82, 2.24) is 10.0 Å². The van der Waals surface area contributed by atoms with Crippen LogP contribution in [0.1, 0.15) is 10.4 Å². The fourth-order valence-electron chi connectivity index (χ4n) is 1.67. The normalized spacial score (nSPS) is 10.5. The molecule has 7 heteroatoms. The van der Waals surface area contributed by atoms with Gasteiger partial charge in [0.1, 0.15) is 12.5 Å². The predicted molar refractivity (Wildman–Crippen MR) is 61.6 cm³/mol. The molecule has 0 spiro atoms. The molecule has 0 atom stereocenters. The number of benzene rings is 1. The Morgan fingerprint density at radius 1 is 1.33 bits per heavy atom. The Bertz CT molecular complexity index is 677. The number of aromatic hydroxyl groups is 1. The molecule has 0 bridgehead atoms. The van der Waals surface area contributed by atoms with E-state index in [-0.39, 0.29) is 15.6 Å². The lowest BCUT2D eigenvalue weighted by Gasteiger charge is -2.09. The van der Waals surface area contributed by atoms with Crippen LogP contribution in [-0.4, -0.2) is 32.8 Å². The minimum atomic E-state index is -1.06. The van der Waals surface area contributed by atoms with Gasteiger partial charge < -0.3 is 20.7 Å². The van der Waals surface area contributed by atoms with Gasteiger partial charge in [-0.15, -0.1) is 4.73 Å². The van der Waals surface area contributed by atoms with Crippen molar-refractivity contribution >= 4 is 16.8 Å². The lowest BCUT2D eigenvalue weighted by molar-refractivity contribution is 0.0900. The first-order chi connectivity index (χ1) is 8.57. The summed E-state index contributed by atoms with van der Waals surface area (Å²) >= 11 is 0. The molecule has 18 heavy (non-hydrogen) atoms. The van der Waals surface area contributed by atoms with E-state index in [2.05, 4.69) is 0 Å². The maximum atomic E-state index is 11.7. The first-order valence-corrected chi connectivity index (χ1v) is 5.03. The SMILES string of the molecule is O=C(NCO)c1c(O)c2ccccc2n(O)c1=O. The maximum Gasteiger partial charge on any atom is 0.300 e. The highest BCUT2D eigenvalue weighted by Gasteiger charge is 2.21. The van der Waals surface area contributed by atoms with Crippen molar-refractivity contribution in [3.8, 4) is 5.75 Å². The van der Waals surface area contributed by atoms with Crippen LogP contribution >= 0.6 is 0 Å². The minimum Gasteiger partial charge on any atom is -0.506 e. The Hall–Kier alpha value is -2.54. The first kappa shape index (κ1) is 11.9. The highest BCUT2D eigenvalue weighted by atomic mass is 16.5.